The van der Waals surface area contributed by atoms with Gasteiger partial charge < -0.3 is 5.11 Å². The van der Waals surface area contributed by atoms with Crippen molar-refractivity contribution in [2.45, 2.75) is 11.8 Å². The van der Waals surface area contributed by atoms with Crippen LogP contribution in [-0.4, -0.2) is 36.8 Å². The molecular weight excluding hydrogens is 332 g/mol. The van der Waals surface area contributed by atoms with Crippen LogP contribution in [0, 0.1) is 0 Å². The summed E-state index contributed by atoms with van der Waals surface area (Å²) >= 11 is 0. The van der Waals surface area contributed by atoms with Crippen LogP contribution in [-0.2, 0) is 9.84 Å². The van der Waals surface area contributed by atoms with E-state index in [0.29, 0.717) is 0 Å². The van der Waals surface area contributed by atoms with Crippen LogP contribution in [0.2, 0.25) is 0 Å². The Hall–Kier alpha value is -2.80. The van der Waals surface area contributed by atoms with Gasteiger partial charge in [-0.2, -0.15) is 0 Å². The maximum atomic E-state index is 12.8. The highest BCUT2D eigenvalue weighted by Gasteiger charge is 2.37. The lowest BCUT2D eigenvalue weighted by Crippen LogP contribution is -2.26. The van der Waals surface area contributed by atoms with E-state index in [0.717, 1.165) is 6.07 Å². The van der Waals surface area contributed by atoms with Gasteiger partial charge in [0.05, 0.1) is 21.8 Å². The molecule has 2 aromatic carbocycles. The molecule has 0 spiro atoms. The van der Waals surface area contributed by atoms with Crippen molar-refractivity contribution in [1.82, 2.24) is 0 Å². The van der Waals surface area contributed by atoms with Gasteiger partial charge in [-0.25, -0.2) is 13.2 Å². The number of ketones is 2. The highest BCUT2D eigenvalue weighted by molar-refractivity contribution is 7.91. The van der Waals surface area contributed by atoms with Gasteiger partial charge in [0, 0.05) is 16.7 Å². The number of hydrogen-bond acceptors (Lipinski definition) is 5. The summed E-state index contributed by atoms with van der Waals surface area (Å²) in [6.45, 7) is 1.35. The topological polar surface area (TPSA) is 106 Å². The fourth-order valence-corrected chi connectivity index (χ4v) is 4.08. The minimum atomic E-state index is -4.03. The van der Waals surface area contributed by atoms with E-state index in [1.807, 2.05) is 0 Å². The molecular formula is C17H12O6S. The molecule has 2 aromatic rings. The molecule has 1 N–H and O–H groups in total. The molecule has 24 heavy (non-hydrogen) atoms. The molecule has 1 aliphatic rings. The quantitative estimate of drug-likeness (QED) is 0.778. The maximum Gasteiger partial charge on any atom is 0.337 e. The molecule has 0 aliphatic heterocycles. The van der Waals surface area contributed by atoms with Gasteiger partial charge in [0.25, 0.3) is 0 Å². The average Bonchev–Trinajstić information content (AvgIpc) is 2.58. The summed E-state index contributed by atoms with van der Waals surface area (Å²) in [5, 5.41) is 9.31. The van der Waals surface area contributed by atoms with Crippen LogP contribution in [0.5, 0.6) is 0 Å². The van der Waals surface area contributed by atoms with Crippen molar-refractivity contribution in [2.75, 3.05) is 5.75 Å². The Labute approximate surface area is 137 Å². The summed E-state index contributed by atoms with van der Waals surface area (Å²) in [6.07, 6.45) is 0. The molecule has 122 valence electrons. The molecule has 0 fully saturated rings. The third-order valence-electron chi connectivity index (χ3n) is 3.97. The van der Waals surface area contributed by atoms with E-state index in [9.17, 15) is 27.9 Å². The number of fused-ring (bicyclic) bond motifs is 2. The second-order valence-electron chi connectivity index (χ2n) is 5.28. The summed E-state index contributed by atoms with van der Waals surface area (Å²) in [4.78, 5) is 36.3. The lowest BCUT2D eigenvalue weighted by Gasteiger charge is -2.21. The number of aromatic carboxylic acids is 1. The van der Waals surface area contributed by atoms with Crippen molar-refractivity contribution in [2.24, 2.45) is 0 Å². The Balaban J connectivity index is 2.46. The number of hydrogen-bond donors (Lipinski definition) is 1. The second-order valence-corrected chi connectivity index (χ2v) is 7.49. The van der Waals surface area contributed by atoms with E-state index in [4.69, 9.17) is 0 Å². The van der Waals surface area contributed by atoms with Crippen LogP contribution in [0.25, 0.3) is 0 Å². The van der Waals surface area contributed by atoms with E-state index in [-0.39, 0.29) is 28.0 Å². The van der Waals surface area contributed by atoms with Crippen molar-refractivity contribution in [3.05, 3.63) is 64.2 Å². The normalized spacial score (nSPS) is 13.4. The third-order valence-corrected chi connectivity index (χ3v) is 5.77. The summed E-state index contributed by atoms with van der Waals surface area (Å²) in [7, 11) is -4.03. The van der Waals surface area contributed by atoms with Crippen LogP contribution in [0.15, 0.2) is 41.3 Å². The zero-order chi connectivity index (χ0) is 17.6. The second kappa shape index (κ2) is 5.38. The van der Waals surface area contributed by atoms with E-state index in [1.54, 1.807) is 12.1 Å². The van der Waals surface area contributed by atoms with Gasteiger partial charge in [0.1, 0.15) is 0 Å². The monoisotopic (exact) mass is 344 g/mol. The number of carbonyl (C=O) groups excluding carboxylic acids is 2. The number of carboxylic acids is 1. The van der Waals surface area contributed by atoms with Crippen molar-refractivity contribution < 1.29 is 27.9 Å². The van der Waals surface area contributed by atoms with Crippen LogP contribution in [0.1, 0.15) is 49.1 Å². The van der Waals surface area contributed by atoms with Gasteiger partial charge in [-0.3, -0.25) is 9.59 Å². The zero-order valence-corrected chi connectivity index (χ0v) is 13.4. The van der Waals surface area contributed by atoms with Gasteiger partial charge in [-0.15, -0.1) is 0 Å². The third kappa shape index (κ3) is 2.16. The van der Waals surface area contributed by atoms with Crippen molar-refractivity contribution >= 4 is 27.4 Å². The predicted octanol–water partition coefficient (Wildman–Crippen LogP) is 1.95. The zero-order valence-electron chi connectivity index (χ0n) is 12.6. The first-order valence-electron chi connectivity index (χ1n) is 7.11. The van der Waals surface area contributed by atoms with Gasteiger partial charge in [-0.05, 0) is 12.1 Å². The molecule has 6 nitrogen and oxygen atoms in total. The highest BCUT2D eigenvalue weighted by atomic mass is 32.2. The van der Waals surface area contributed by atoms with Gasteiger partial charge in [0.2, 0.25) is 0 Å². The Morgan fingerprint density at radius 1 is 0.958 bits per heavy atom. The van der Waals surface area contributed by atoms with Crippen LogP contribution >= 0.6 is 0 Å². The first-order valence-corrected chi connectivity index (χ1v) is 8.76. The Bertz CT molecular complexity index is 1020. The minimum absolute atomic E-state index is 0.0742. The number of carboxylic acid groups (broad SMARTS) is 1. The molecule has 0 aromatic heterocycles. The molecule has 3 rings (SSSR count). The summed E-state index contributed by atoms with van der Waals surface area (Å²) in [5.74, 6) is -3.00. The number of benzene rings is 2. The van der Waals surface area contributed by atoms with Gasteiger partial charge >= 0.3 is 5.97 Å². The standard InChI is InChI=1S/C17H12O6S/c1-2-24(22,23)16-12(17(20)21)8-7-11-13(16)15(19)10-6-4-3-5-9(10)14(11)18/h3-8H,2H2,1H3,(H,20,21). The largest absolute Gasteiger partial charge is 0.478 e. The Morgan fingerprint density at radius 2 is 1.54 bits per heavy atom. The summed E-state index contributed by atoms with van der Waals surface area (Å²) in [5.41, 5.74) is -0.685. The smallest absolute Gasteiger partial charge is 0.337 e. The number of carbonyl (C=O) groups is 3. The summed E-state index contributed by atoms with van der Waals surface area (Å²) < 4.78 is 24.9. The highest BCUT2D eigenvalue weighted by Crippen LogP contribution is 2.34. The number of rotatable bonds is 3. The molecule has 0 atom stereocenters. The Morgan fingerprint density at radius 3 is 2.08 bits per heavy atom. The van der Waals surface area contributed by atoms with E-state index < -0.39 is 37.8 Å². The predicted molar refractivity (Wildman–Crippen MR) is 84.4 cm³/mol. The number of sulfone groups is 1. The fourth-order valence-electron chi connectivity index (χ4n) is 2.79. The summed E-state index contributed by atoms with van der Waals surface area (Å²) in [6, 6.07) is 8.33. The fraction of sp³-hybridized carbons (Fsp3) is 0.118. The minimum Gasteiger partial charge on any atom is -0.478 e. The lowest BCUT2D eigenvalue weighted by atomic mass is 9.83. The van der Waals surface area contributed by atoms with Crippen LogP contribution < -0.4 is 0 Å². The molecule has 0 saturated carbocycles. The molecule has 0 amide bonds. The molecule has 0 radical (unpaired) electrons. The van der Waals surface area contributed by atoms with Crippen LogP contribution in [0.4, 0.5) is 0 Å². The molecule has 0 saturated heterocycles. The van der Waals surface area contributed by atoms with Crippen molar-refractivity contribution in [3.8, 4) is 0 Å². The lowest BCUT2D eigenvalue weighted by molar-refractivity contribution is 0.0692. The molecule has 7 heteroatoms. The Kier molecular flexibility index (Phi) is 3.60. The van der Waals surface area contributed by atoms with Gasteiger partial charge in [-0.1, -0.05) is 31.2 Å². The maximum absolute atomic E-state index is 12.8. The van der Waals surface area contributed by atoms with Crippen molar-refractivity contribution in [1.29, 1.82) is 0 Å². The first kappa shape index (κ1) is 16.1. The molecule has 0 bridgehead atoms. The van der Waals surface area contributed by atoms with E-state index in [2.05, 4.69) is 0 Å². The van der Waals surface area contributed by atoms with E-state index >= 15 is 0 Å². The molecule has 0 heterocycles. The van der Waals surface area contributed by atoms with Crippen LogP contribution in [0.3, 0.4) is 0 Å². The molecule has 0 unspecified atom stereocenters. The SMILES string of the molecule is CCS(=O)(=O)c1c(C(=O)O)ccc2c1C(=O)c1ccccc1C2=O. The van der Waals surface area contributed by atoms with E-state index in [1.165, 1.54) is 25.1 Å². The van der Waals surface area contributed by atoms with Crippen molar-refractivity contribution in [3.63, 3.8) is 0 Å². The molecule has 1 aliphatic carbocycles. The van der Waals surface area contributed by atoms with Gasteiger partial charge in [0.15, 0.2) is 21.4 Å². The first-order chi connectivity index (χ1) is 11.3. The average molecular weight is 344 g/mol.